The highest BCUT2D eigenvalue weighted by Crippen LogP contribution is 2.38. The SMILES string of the molecule is CC(C)NCC1CCCCN(C)C1c1ccc(Cl)cc1Br. The van der Waals surface area contributed by atoms with E-state index in [0.717, 1.165) is 22.6 Å². The Bertz CT molecular complexity index is 464. The average molecular weight is 374 g/mol. The van der Waals surface area contributed by atoms with Gasteiger partial charge in [-0.3, -0.25) is 4.90 Å². The van der Waals surface area contributed by atoms with Crippen LogP contribution in [0.15, 0.2) is 22.7 Å². The fourth-order valence-electron chi connectivity index (χ4n) is 3.26. The zero-order chi connectivity index (χ0) is 15.4. The Morgan fingerprint density at radius 3 is 2.81 bits per heavy atom. The highest BCUT2D eigenvalue weighted by Gasteiger charge is 2.30. The van der Waals surface area contributed by atoms with Crippen molar-refractivity contribution in [2.24, 2.45) is 5.92 Å². The molecule has 0 radical (unpaired) electrons. The van der Waals surface area contributed by atoms with Gasteiger partial charge >= 0.3 is 0 Å². The van der Waals surface area contributed by atoms with Crippen LogP contribution in [0, 0.1) is 5.92 Å². The number of nitrogens with zero attached hydrogens (tertiary/aromatic N) is 1. The van der Waals surface area contributed by atoms with E-state index in [0.29, 0.717) is 18.0 Å². The van der Waals surface area contributed by atoms with Gasteiger partial charge in [0, 0.05) is 28.1 Å². The van der Waals surface area contributed by atoms with E-state index in [2.05, 4.69) is 53.1 Å². The lowest BCUT2D eigenvalue weighted by atomic mass is 9.89. The molecule has 1 N–H and O–H groups in total. The first kappa shape index (κ1) is 17.3. The van der Waals surface area contributed by atoms with Gasteiger partial charge in [-0.25, -0.2) is 0 Å². The van der Waals surface area contributed by atoms with Crippen LogP contribution in [0.1, 0.15) is 44.7 Å². The smallest absolute Gasteiger partial charge is 0.0417 e. The Hall–Kier alpha value is -0.0900. The normalized spacial score (nSPS) is 24.3. The summed E-state index contributed by atoms with van der Waals surface area (Å²) in [5, 5.41) is 4.42. The molecule has 1 aromatic rings. The van der Waals surface area contributed by atoms with E-state index in [1.807, 2.05) is 12.1 Å². The maximum Gasteiger partial charge on any atom is 0.0417 e. The van der Waals surface area contributed by atoms with Crippen molar-refractivity contribution >= 4 is 27.5 Å². The lowest BCUT2D eigenvalue weighted by Gasteiger charge is -2.34. The van der Waals surface area contributed by atoms with E-state index >= 15 is 0 Å². The minimum absolute atomic E-state index is 0.449. The molecule has 4 heteroatoms. The lowest BCUT2D eigenvalue weighted by Crippen LogP contribution is -2.37. The van der Waals surface area contributed by atoms with E-state index in [1.165, 1.54) is 24.8 Å². The molecule has 0 amide bonds. The first-order valence-corrected chi connectivity index (χ1v) is 9.04. The molecule has 0 bridgehead atoms. The van der Waals surface area contributed by atoms with Gasteiger partial charge in [-0.1, -0.05) is 53.9 Å². The third kappa shape index (κ3) is 4.69. The summed E-state index contributed by atoms with van der Waals surface area (Å²) >= 11 is 9.82. The standard InChI is InChI=1S/C17H26BrClN2/c1-12(2)20-11-13-6-4-5-9-21(3)17(13)15-8-7-14(19)10-16(15)18/h7-8,10,12-13,17,20H,4-6,9,11H2,1-3H3. The Kier molecular flexibility index (Phi) is 6.54. The van der Waals surface area contributed by atoms with E-state index in [1.54, 1.807) is 0 Å². The van der Waals surface area contributed by atoms with Gasteiger partial charge in [0.1, 0.15) is 0 Å². The third-order valence-corrected chi connectivity index (χ3v) is 5.25. The molecule has 1 aliphatic rings. The Morgan fingerprint density at radius 2 is 2.14 bits per heavy atom. The summed E-state index contributed by atoms with van der Waals surface area (Å²) in [7, 11) is 2.25. The van der Waals surface area contributed by atoms with Crippen LogP contribution in [0.3, 0.4) is 0 Å². The van der Waals surface area contributed by atoms with Crippen LogP contribution in [0.5, 0.6) is 0 Å². The second-order valence-electron chi connectivity index (χ2n) is 6.41. The first-order chi connectivity index (χ1) is 9.99. The van der Waals surface area contributed by atoms with Gasteiger partial charge in [-0.05, 0) is 50.0 Å². The highest BCUT2D eigenvalue weighted by molar-refractivity contribution is 9.10. The fourth-order valence-corrected chi connectivity index (χ4v) is 4.18. The van der Waals surface area contributed by atoms with Crippen molar-refractivity contribution in [3.05, 3.63) is 33.3 Å². The topological polar surface area (TPSA) is 15.3 Å². The van der Waals surface area contributed by atoms with Gasteiger partial charge in [0.2, 0.25) is 0 Å². The van der Waals surface area contributed by atoms with Crippen molar-refractivity contribution in [1.82, 2.24) is 10.2 Å². The van der Waals surface area contributed by atoms with Crippen LogP contribution in [0.25, 0.3) is 0 Å². The van der Waals surface area contributed by atoms with Crippen molar-refractivity contribution < 1.29 is 0 Å². The molecule has 2 nitrogen and oxygen atoms in total. The molecule has 1 aliphatic heterocycles. The summed E-state index contributed by atoms with van der Waals surface area (Å²) < 4.78 is 1.13. The van der Waals surface area contributed by atoms with Crippen molar-refractivity contribution in [2.45, 2.75) is 45.2 Å². The molecular weight excluding hydrogens is 348 g/mol. The molecule has 0 aliphatic carbocycles. The monoisotopic (exact) mass is 372 g/mol. The zero-order valence-electron chi connectivity index (χ0n) is 13.2. The van der Waals surface area contributed by atoms with Crippen LogP contribution >= 0.6 is 27.5 Å². The molecule has 2 atom stereocenters. The fraction of sp³-hybridized carbons (Fsp3) is 0.647. The number of rotatable bonds is 4. The largest absolute Gasteiger partial charge is 0.314 e. The van der Waals surface area contributed by atoms with Crippen LogP contribution in [0.4, 0.5) is 0 Å². The summed E-state index contributed by atoms with van der Waals surface area (Å²) in [6.45, 7) is 6.67. The number of nitrogens with one attached hydrogen (secondary N) is 1. The molecule has 1 aromatic carbocycles. The molecule has 2 rings (SSSR count). The molecule has 1 fully saturated rings. The van der Waals surface area contributed by atoms with E-state index < -0.39 is 0 Å². The number of likely N-dealkylation sites (tertiary alicyclic amines) is 1. The van der Waals surface area contributed by atoms with Gasteiger partial charge < -0.3 is 5.32 Å². The molecule has 0 saturated carbocycles. The second-order valence-corrected chi connectivity index (χ2v) is 7.70. The molecule has 1 heterocycles. The van der Waals surface area contributed by atoms with E-state index in [4.69, 9.17) is 11.6 Å². The van der Waals surface area contributed by atoms with Crippen molar-refractivity contribution in [3.63, 3.8) is 0 Å². The Morgan fingerprint density at radius 1 is 1.38 bits per heavy atom. The maximum absolute atomic E-state index is 6.11. The predicted octanol–water partition coefficient (Wildman–Crippen LogP) is 4.87. The van der Waals surface area contributed by atoms with E-state index in [-0.39, 0.29) is 0 Å². The predicted molar refractivity (Wildman–Crippen MR) is 95.0 cm³/mol. The van der Waals surface area contributed by atoms with E-state index in [9.17, 15) is 0 Å². The highest BCUT2D eigenvalue weighted by atomic mass is 79.9. The number of benzene rings is 1. The van der Waals surface area contributed by atoms with Crippen molar-refractivity contribution in [3.8, 4) is 0 Å². The molecular formula is C17H26BrClN2. The number of hydrogen-bond acceptors (Lipinski definition) is 2. The van der Waals surface area contributed by atoms with Crippen LogP contribution in [-0.4, -0.2) is 31.1 Å². The summed E-state index contributed by atoms with van der Waals surface area (Å²) in [6, 6.07) is 7.19. The molecule has 21 heavy (non-hydrogen) atoms. The third-order valence-electron chi connectivity index (χ3n) is 4.33. The van der Waals surface area contributed by atoms with Gasteiger partial charge in [-0.15, -0.1) is 0 Å². The van der Waals surface area contributed by atoms with Gasteiger partial charge in [-0.2, -0.15) is 0 Å². The van der Waals surface area contributed by atoms with Crippen LogP contribution in [-0.2, 0) is 0 Å². The summed E-state index contributed by atoms with van der Waals surface area (Å²) in [4.78, 5) is 2.51. The molecule has 1 saturated heterocycles. The first-order valence-electron chi connectivity index (χ1n) is 7.87. The van der Waals surface area contributed by atoms with Crippen molar-refractivity contribution in [2.75, 3.05) is 20.1 Å². The average Bonchev–Trinajstić information content (AvgIpc) is 2.59. The zero-order valence-corrected chi connectivity index (χ0v) is 15.5. The van der Waals surface area contributed by atoms with Crippen molar-refractivity contribution in [1.29, 1.82) is 0 Å². The number of halogens is 2. The summed E-state index contributed by atoms with van der Waals surface area (Å²) in [5.74, 6) is 0.636. The minimum atomic E-state index is 0.449. The Labute approximate surface area is 142 Å². The van der Waals surface area contributed by atoms with Gasteiger partial charge in [0.25, 0.3) is 0 Å². The summed E-state index contributed by atoms with van der Waals surface area (Å²) in [5.41, 5.74) is 1.36. The molecule has 2 unspecified atom stereocenters. The minimum Gasteiger partial charge on any atom is -0.314 e. The number of hydrogen-bond donors (Lipinski definition) is 1. The quantitative estimate of drug-likeness (QED) is 0.809. The maximum atomic E-state index is 6.11. The summed E-state index contributed by atoms with van der Waals surface area (Å²) in [6.07, 6.45) is 3.89. The molecule has 0 aromatic heterocycles. The van der Waals surface area contributed by atoms with Gasteiger partial charge in [0.05, 0.1) is 0 Å². The molecule has 0 spiro atoms. The second kappa shape index (κ2) is 7.96. The van der Waals surface area contributed by atoms with Gasteiger partial charge in [0.15, 0.2) is 0 Å². The van der Waals surface area contributed by atoms with Crippen LogP contribution in [0.2, 0.25) is 5.02 Å². The Balaban J connectivity index is 2.27. The lowest BCUT2D eigenvalue weighted by molar-refractivity contribution is 0.186. The van der Waals surface area contributed by atoms with Crippen LogP contribution < -0.4 is 5.32 Å². The molecule has 118 valence electrons.